The van der Waals surface area contributed by atoms with Crippen molar-refractivity contribution in [1.29, 1.82) is 0 Å². The highest BCUT2D eigenvalue weighted by molar-refractivity contribution is 5.66. The molecule has 0 aliphatic carbocycles. The van der Waals surface area contributed by atoms with Crippen LogP contribution >= 0.6 is 0 Å². The van der Waals surface area contributed by atoms with Crippen molar-refractivity contribution in [2.45, 2.75) is 25.7 Å². The highest BCUT2D eigenvalue weighted by atomic mass is 16.5. The molecule has 5 heteroatoms. The van der Waals surface area contributed by atoms with Crippen LogP contribution in [0, 0.1) is 0 Å². The van der Waals surface area contributed by atoms with Crippen LogP contribution in [0.25, 0.3) is 0 Å². The van der Waals surface area contributed by atoms with Crippen molar-refractivity contribution in [1.82, 2.24) is 0 Å². The Hall–Kier alpha value is -1.75. The minimum Gasteiger partial charge on any atom is -0.494 e. The molecule has 106 valence electrons. The molecule has 0 aromatic heterocycles. The summed E-state index contributed by atoms with van der Waals surface area (Å²) < 4.78 is 5.45. The molecule has 19 heavy (non-hydrogen) atoms. The third-order valence-electron chi connectivity index (χ3n) is 2.62. The smallest absolute Gasteiger partial charge is 0.303 e. The zero-order valence-electron chi connectivity index (χ0n) is 11.1. The van der Waals surface area contributed by atoms with Crippen LogP contribution in [0.15, 0.2) is 24.3 Å². The fourth-order valence-corrected chi connectivity index (χ4v) is 1.58. The molecule has 4 N–H and O–H groups in total. The number of benzene rings is 1. The molecule has 1 aromatic rings. The third kappa shape index (κ3) is 7.31. The first kappa shape index (κ1) is 15.3. The summed E-state index contributed by atoms with van der Waals surface area (Å²) in [5, 5.41) is 11.8. The molecule has 1 rings (SSSR count). The lowest BCUT2D eigenvalue weighted by Crippen LogP contribution is -2.05. The minimum absolute atomic E-state index is 0.140. The number of hydrogen-bond donors (Lipinski definition) is 3. The SMILES string of the molecule is NCCCCNc1ccc(OCCCC(=O)O)cc1. The van der Waals surface area contributed by atoms with Crippen molar-refractivity contribution in [3.8, 4) is 5.75 Å². The van der Waals surface area contributed by atoms with E-state index in [1.807, 2.05) is 24.3 Å². The van der Waals surface area contributed by atoms with E-state index >= 15 is 0 Å². The lowest BCUT2D eigenvalue weighted by atomic mass is 10.2. The van der Waals surface area contributed by atoms with Gasteiger partial charge in [-0.15, -0.1) is 0 Å². The van der Waals surface area contributed by atoms with Crippen molar-refractivity contribution in [2.24, 2.45) is 5.73 Å². The molecule has 0 saturated heterocycles. The monoisotopic (exact) mass is 266 g/mol. The van der Waals surface area contributed by atoms with E-state index < -0.39 is 5.97 Å². The van der Waals surface area contributed by atoms with Gasteiger partial charge < -0.3 is 20.9 Å². The molecule has 0 fully saturated rings. The molecule has 0 amide bonds. The summed E-state index contributed by atoms with van der Waals surface area (Å²) in [6.45, 7) is 2.07. The number of hydrogen-bond acceptors (Lipinski definition) is 4. The van der Waals surface area contributed by atoms with E-state index in [-0.39, 0.29) is 6.42 Å². The van der Waals surface area contributed by atoms with E-state index in [0.29, 0.717) is 13.0 Å². The summed E-state index contributed by atoms with van der Waals surface area (Å²) >= 11 is 0. The Labute approximate surface area is 113 Å². The van der Waals surface area contributed by atoms with Crippen molar-refractivity contribution >= 4 is 11.7 Å². The van der Waals surface area contributed by atoms with Crippen LogP contribution in [-0.2, 0) is 4.79 Å². The molecule has 1 aromatic carbocycles. The van der Waals surface area contributed by atoms with Crippen molar-refractivity contribution in [2.75, 3.05) is 25.0 Å². The van der Waals surface area contributed by atoms with Gasteiger partial charge in [0.2, 0.25) is 0 Å². The van der Waals surface area contributed by atoms with Gasteiger partial charge in [0.05, 0.1) is 6.61 Å². The Morgan fingerprint density at radius 3 is 2.58 bits per heavy atom. The normalized spacial score (nSPS) is 10.2. The molecule has 0 aliphatic rings. The summed E-state index contributed by atoms with van der Waals surface area (Å²) in [7, 11) is 0. The van der Waals surface area contributed by atoms with Crippen LogP contribution in [0.5, 0.6) is 5.75 Å². The quantitative estimate of drug-likeness (QED) is 0.565. The summed E-state index contributed by atoms with van der Waals surface area (Å²) in [4.78, 5) is 10.3. The Morgan fingerprint density at radius 2 is 1.95 bits per heavy atom. The summed E-state index contributed by atoms with van der Waals surface area (Å²) in [6.07, 6.45) is 2.75. The van der Waals surface area contributed by atoms with E-state index in [0.717, 1.165) is 37.4 Å². The molecule has 0 atom stereocenters. The first-order valence-corrected chi connectivity index (χ1v) is 6.61. The van der Waals surface area contributed by atoms with Gasteiger partial charge in [-0.1, -0.05) is 0 Å². The van der Waals surface area contributed by atoms with Gasteiger partial charge in [-0.05, 0) is 50.1 Å². The van der Waals surface area contributed by atoms with Crippen LogP contribution in [0.4, 0.5) is 5.69 Å². The molecule has 0 heterocycles. The summed E-state index contributed by atoms with van der Waals surface area (Å²) in [5.74, 6) is -0.0291. The van der Waals surface area contributed by atoms with E-state index in [9.17, 15) is 4.79 Å². The number of nitrogens with two attached hydrogens (primary N) is 1. The average Bonchev–Trinajstić information content (AvgIpc) is 2.41. The largest absolute Gasteiger partial charge is 0.494 e. The first-order chi connectivity index (χ1) is 9.22. The Kier molecular flexibility index (Phi) is 7.43. The number of carbonyl (C=O) groups is 1. The maximum Gasteiger partial charge on any atom is 0.303 e. The average molecular weight is 266 g/mol. The predicted octanol–water partition coefficient (Wildman–Crippen LogP) is 2.08. The standard InChI is InChI=1S/C14H22N2O3/c15-9-1-2-10-16-12-5-7-13(8-6-12)19-11-3-4-14(17)18/h5-8,16H,1-4,9-11,15H2,(H,17,18). The molecule has 0 radical (unpaired) electrons. The number of aliphatic carboxylic acids is 1. The molecule has 0 saturated carbocycles. The van der Waals surface area contributed by atoms with Crippen LogP contribution < -0.4 is 15.8 Å². The summed E-state index contributed by atoms with van der Waals surface area (Å²) in [5.41, 5.74) is 6.47. The fourth-order valence-electron chi connectivity index (χ4n) is 1.58. The predicted molar refractivity (Wildman–Crippen MR) is 75.6 cm³/mol. The highest BCUT2D eigenvalue weighted by Crippen LogP contribution is 2.16. The number of carboxylic acids is 1. The zero-order chi connectivity index (χ0) is 13.9. The Morgan fingerprint density at radius 1 is 1.21 bits per heavy atom. The molecule has 0 bridgehead atoms. The minimum atomic E-state index is -0.791. The van der Waals surface area contributed by atoms with Crippen molar-refractivity contribution in [3.05, 3.63) is 24.3 Å². The second kappa shape index (κ2) is 9.22. The van der Waals surface area contributed by atoms with Gasteiger partial charge in [0.15, 0.2) is 0 Å². The molecule has 5 nitrogen and oxygen atoms in total. The third-order valence-corrected chi connectivity index (χ3v) is 2.62. The lowest BCUT2D eigenvalue weighted by molar-refractivity contribution is -0.137. The number of anilines is 1. The Balaban J connectivity index is 2.21. The Bertz CT molecular complexity index is 365. The van der Waals surface area contributed by atoms with Gasteiger partial charge in [0.25, 0.3) is 0 Å². The second-order valence-corrected chi connectivity index (χ2v) is 4.29. The molecule has 0 unspecified atom stereocenters. The van der Waals surface area contributed by atoms with E-state index in [4.69, 9.17) is 15.6 Å². The maximum atomic E-state index is 10.3. The number of unbranched alkanes of at least 4 members (excludes halogenated alkanes) is 1. The van der Waals surface area contributed by atoms with Gasteiger partial charge in [-0.2, -0.15) is 0 Å². The number of carboxylic acid groups (broad SMARTS) is 1. The van der Waals surface area contributed by atoms with Gasteiger partial charge in [-0.25, -0.2) is 0 Å². The lowest BCUT2D eigenvalue weighted by Gasteiger charge is -2.08. The van der Waals surface area contributed by atoms with Crippen LogP contribution in [-0.4, -0.2) is 30.8 Å². The van der Waals surface area contributed by atoms with Crippen LogP contribution in [0.1, 0.15) is 25.7 Å². The van der Waals surface area contributed by atoms with Gasteiger partial charge in [0.1, 0.15) is 5.75 Å². The van der Waals surface area contributed by atoms with Crippen molar-refractivity contribution in [3.63, 3.8) is 0 Å². The van der Waals surface area contributed by atoms with Crippen molar-refractivity contribution < 1.29 is 14.6 Å². The number of ether oxygens (including phenoxy) is 1. The van der Waals surface area contributed by atoms with E-state index in [1.54, 1.807) is 0 Å². The van der Waals surface area contributed by atoms with E-state index in [1.165, 1.54) is 0 Å². The van der Waals surface area contributed by atoms with Gasteiger partial charge >= 0.3 is 5.97 Å². The fraction of sp³-hybridized carbons (Fsp3) is 0.500. The molecular weight excluding hydrogens is 244 g/mol. The van der Waals surface area contributed by atoms with Gasteiger partial charge in [-0.3, -0.25) is 4.79 Å². The van der Waals surface area contributed by atoms with Crippen LogP contribution in [0.3, 0.4) is 0 Å². The number of rotatable bonds is 10. The molecule has 0 aliphatic heterocycles. The second-order valence-electron chi connectivity index (χ2n) is 4.29. The topological polar surface area (TPSA) is 84.6 Å². The number of nitrogens with one attached hydrogen (secondary N) is 1. The first-order valence-electron chi connectivity index (χ1n) is 6.61. The van der Waals surface area contributed by atoms with E-state index in [2.05, 4.69) is 5.32 Å². The highest BCUT2D eigenvalue weighted by Gasteiger charge is 1.98. The molecular formula is C14H22N2O3. The zero-order valence-corrected chi connectivity index (χ0v) is 11.1. The summed E-state index contributed by atoms with van der Waals surface area (Å²) in [6, 6.07) is 7.67. The molecule has 0 spiro atoms. The van der Waals surface area contributed by atoms with Gasteiger partial charge in [0, 0.05) is 18.7 Å². The maximum absolute atomic E-state index is 10.3. The van der Waals surface area contributed by atoms with Crippen LogP contribution in [0.2, 0.25) is 0 Å².